The molecule has 0 aromatic heterocycles. The molecule has 1 aromatic carbocycles. The van der Waals surface area contributed by atoms with Gasteiger partial charge in [-0.1, -0.05) is 32.4 Å². The predicted octanol–water partition coefficient (Wildman–Crippen LogP) is 3.66. The van der Waals surface area contributed by atoms with Crippen molar-refractivity contribution in [2.75, 3.05) is 26.2 Å². The molecule has 0 amide bonds. The standard InChI is InChI=1S/C21H27NO3/c1-14(2)17-13-16-8-7-15(3)21(18(16)20(24)19(17)23)25-12-11-22-9-5-4-6-10-22/h7-8,13-14H,4-6,9-12H2,1-3H3. The Balaban J connectivity index is 1.82. The third-order valence-electron chi connectivity index (χ3n) is 5.12. The van der Waals surface area contributed by atoms with Gasteiger partial charge < -0.3 is 4.74 Å². The van der Waals surface area contributed by atoms with E-state index in [1.165, 1.54) is 19.3 Å². The summed E-state index contributed by atoms with van der Waals surface area (Å²) in [6, 6.07) is 3.88. The molecular weight excluding hydrogens is 314 g/mol. The summed E-state index contributed by atoms with van der Waals surface area (Å²) in [5.41, 5.74) is 2.72. The first-order valence-corrected chi connectivity index (χ1v) is 9.28. The third-order valence-corrected chi connectivity index (χ3v) is 5.12. The molecule has 4 heteroatoms. The first-order chi connectivity index (χ1) is 12.0. The van der Waals surface area contributed by atoms with Gasteiger partial charge in [-0.05, 0) is 56.0 Å². The van der Waals surface area contributed by atoms with Gasteiger partial charge in [0.1, 0.15) is 12.4 Å². The van der Waals surface area contributed by atoms with Crippen molar-refractivity contribution in [2.45, 2.75) is 40.0 Å². The minimum Gasteiger partial charge on any atom is -0.491 e. The van der Waals surface area contributed by atoms with Crippen molar-refractivity contribution >= 4 is 17.6 Å². The average Bonchev–Trinajstić information content (AvgIpc) is 2.60. The minimum absolute atomic E-state index is 0.0365. The zero-order valence-electron chi connectivity index (χ0n) is 15.4. The molecule has 1 aliphatic carbocycles. The lowest BCUT2D eigenvalue weighted by molar-refractivity contribution is -0.112. The van der Waals surface area contributed by atoms with Crippen LogP contribution >= 0.6 is 0 Å². The Hall–Kier alpha value is -1.94. The van der Waals surface area contributed by atoms with Gasteiger partial charge in [0.15, 0.2) is 0 Å². The lowest BCUT2D eigenvalue weighted by atomic mass is 9.84. The SMILES string of the molecule is Cc1ccc2c(c1OCCN1CCCCC1)C(=O)C(=O)C(C(C)C)=C2. The minimum atomic E-state index is -0.433. The second-order valence-electron chi connectivity index (χ2n) is 7.34. The van der Waals surface area contributed by atoms with Crippen molar-refractivity contribution < 1.29 is 14.3 Å². The van der Waals surface area contributed by atoms with E-state index in [2.05, 4.69) is 4.90 Å². The van der Waals surface area contributed by atoms with Crippen LogP contribution in [0.1, 0.15) is 54.6 Å². The highest BCUT2D eigenvalue weighted by Crippen LogP contribution is 2.34. The molecule has 1 fully saturated rings. The Morgan fingerprint density at radius 2 is 1.80 bits per heavy atom. The van der Waals surface area contributed by atoms with Crippen molar-refractivity contribution in [3.63, 3.8) is 0 Å². The second kappa shape index (κ2) is 7.52. The second-order valence-corrected chi connectivity index (χ2v) is 7.34. The van der Waals surface area contributed by atoms with E-state index in [1.807, 2.05) is 39.0 Å². The monoisotopic (exact) mass is 341 g/mol. The van der Waals surface area contributed by atoms with Crippen molar-refractivity contribution in [1.29, 1.82) is 0 Å². The van der Waals surface area contributed by atoms with Crippen molar-refractivity contribution in [3.8, 4) is 5.75 Å². The highest BCUT2D eigenvalue weighted by Gasteiger charge is 2.32. The van der Waals surface area contributed by atoms with E-state index >= 15 is 0 Å². The summed E-state index contributed by atoms with van der Waals surface area (Å²) in [6.07, 6.45) is 5.65. The molecule has 2 aliphatic rings. The first kappa shape index (κ1) is 17.9. The fraction of sp³-hybridized carbons (Fsp3) is 0.524. The summed E-state index contributed by atoms with van der Waals surface area (Å²) in [5, 5.41) is 0. The Kier molecular flexibility index (Phi) is 5.38. The number of piperidine rings is 1. The summed E-state index contributed by atoms with van der Waals surface area (Å²) in [7, 11) is 0. The third kappa shape index (κ3) is 3.69. The van der Waals surface area contributed by atoms with Gasteiger partial charge in [-0.3, -0.25) is 14.5 Å². The molecule has 1 aliphatic heterocycles. The number of carbonyl (C=O) groups excluding carboxylic acids is 2. The molecule has 0 atom stereocenters. The smallest absolute Gasteiger partial charge is 0.237 e. The summed E-state index contributed by atoms with van der Waals surface area (Å²) in [6.45, 7) is 9.44. The van der Waals surface area contributed by atoms with E-state index < -0.39 is 11.6 Å². The van der Waals surface area contributed by atoms with E-state index in [-0.39, 0.29) is 5.92 Å². The number of ketones is 2. The van der Waals surface area contributed by atoms with Crippen LogP contribution in [0, 0.1) is 12.8 Å². The van der Waals surface area contributed by atoms with Gasteiger partial charge in [-0.25, -0.2) is 0 Å². The van der Waals surface area contributed by atoms with Crippen LogP contribution in [0.3, 0.4) is 0 Å². The molecule has 1 saturated heterocycles. The molecule has 0 bridgehead atoms. The van der Waals surface area contributed by atoms with Crippen molar-refractivity contribution in [3.05, 3.63) is 34.4 Å². The molecule has 3 rings (SSSR count). The molecule has 0 saturated carbocycles. The summed E-state index contributed by atoms with van der Waals surface area (Å²) in [4.78, 5) is 27.5. The molecule has 1 heterocycles. The number of hydrogen-bond acceptors (Lipinski definition) is 4. The van der Waals surface area contributed by atoms with Crippen LogP contribution in [0.25, 0.3) is 6.08 Å². The molecular formula is C21H27NO3. The maximum atomic E-state index is 12.7. The highest BCUT2D eigenvalue weighted by molar-refractivity contribution is 6.52. The number of benzene rings is 1. The van der Waals surface area contributed by atoms with Crippen LogP contribution in [0.2, 0.25) is 0 Å². The molecule has 1 aromatic rings. The lowest BCUT2D eigenvalue weighted by Crippen LogP contribution is -2.33. The van der Waals surface area contributed by atoms with Crippen LogP contribution in [0.5, 0.6) is 5.75 Å². The van der Waals surface area contributed by atoms with Crippen molar-refractivity contribution in [1.82, 2.24) is 4.90 Å². The maximum absolute atomic E-state index is 12.7. The van der Waals surface area contributed by atoms with Crippen molar-refractivity contribution in [2.24, 2.45) is 5.92 Å². The van der Waals surface area contributed by atoms with Crippen LogP contribution in [-0.4, -0.2) is 42.7 Å². The predicted molar refractivity (Wildman–Crippen MR) is 99.1 cm³/mol. The molecule has 25 heavy (non-hydrogen) atoms. The van der Waals surface area contributed by atoms with E-state index in [9.17, 15) is 9.59 Å². The van der Waals surface area contributed by atoms with Gasteiger partial charge in [-0.15, -0.1) is 0 Å². The fourth-order valence-electron chi connectivity index (χ4n) is 3.61. The van der Waals surface area contributed by atoms with Crippen LogP contribution < -0.4 is 4.74 Å². The molecule has 4 nitrogen and oxygen atoms in total. The fourth-order valence-corrected chi connectivity index (χ4v) is 3.61. The number of allylic oxidation sites excluding steroid dienone is 1. The number of carbonyl (C=O) groups is 2. The molecule has 0 spiro atoms. The van der Waals surface area contributed by atoms with Crippen LogP contribution in [-0.2, 0) is 4.79 Å². The van der Waals surface area contributed by atoms with E-state index in [0.717, 1.165) is 30.8 Å². The number of Topliss-reactive ketones (excluding diaryl/α,β-unsaturated/α-hetero) is 2. The van der Waals surface area contributed by atoms with Gasteiger partial charge in [0.2, 0.25) is 11.6 Å². The zero-order chi connectivity index (χ0) is 18.0. The number of nitrogens with zero attached hydrogens (tertiary/aromatic N) is 1. The van der Waals surface area contributed by atoms with Gasteiger partial charge in [0.05, 0.1) is 5.56 Å². The maximum Gasteiger partial charge on any atom is 0.237 e. The molecule has 0 radical (unpaired) electrons. The quantitative estimate of drug-likeness (QED) is 0.767. The number of rotatable bonds is 5. The zero-order valence-corrected chi connectivity index (χ0v) is 15.4. The van der Waals surface area contributed by atoms with Crippen LogP contribution in [0.15, 0.2) is 17.7 Å². The Morgan fingerprint density at radius 3 is 2.48 bits per heavy atom. The van der Waals surface area contributed by atoms with Crippen LogP contribution in [0.4, 0.5) is 0 Å². The number of ether oxygens (including phenoxy) is 1. The molecule has 0 unspecified atom stereocenters. The first-order valence-electron chi connectivity index (χ1n) is 9.28. The van der Waals surface area contributed by atoms with Gasteiger partial charge in [0.25, 0.3) is 0 Å². The normalized spacial score (nSPS) is 18.3. The summed E-state index contributed by atoms with van der Waals surface area (Å²) >= 11 is 0. The van der Waals surface area contributed by atoms with E-state index in [1.54, 1.807) is 0 Å². The Morgan fingerprint density at radius 1 is 1.08 bits per heavy atom. The Labute approximate surface area is 149 Å². The van der Waals surface area contributed by atoms with Gasteiger partial charge in [-0.2, -0.15) is 0 Å². The van der Waals surface area contributed by atoms with Gasteiger partial charge in [0, 0.05) is 12.1 Å². The lowest BCUT2D eigenvalue weighted by Gasteiger charge is -2.27. The van der Waals surface area contributed by atoms with E-state index in [0.29, 0.717) is 23.5 Å². The topological polar surface area (TPSA) is 46.6 Å². The van der Waals surface area contributed by atoms with E-state index in [4.69, 9.17) is 4.74 Å². The Bertz CT molecular complexity index is 712. The number of fused-ring (bicyclic) bond motifs is 1. The highest BCUT2D eigenvalue weighted by atomic mass is 16.5. The average molecular weight is 341 g/mol. The summed E-state index contributed by atoms with van der Waals surface area (Å²) < 4.78 is 6.01. The number of aryl methyl sites for hydroxylation is 1. The number of hydrogen-bond donors (Lipinski definition) is 0. The number of likely N-dealkylation sites (tertiary alicyclic amines) is 1. The molecule has 134 valence electrons. The van der Waals surface area contributed by atoms with Gasteiger partial charge >= 0.3 is 0 Å². The molecule has 0 N–H and O–H groups in total. The summed E-state index contributed by atoms with van der Waals surface area (Å²) in [5.74, 6) is -0.215. The largest absolute Gasteiger partial charge is 0.491 e.